The summed E-state index contributed by atoms with van der Waals surface area (Å²) in [4.78, 5) is 17.2. The van der Waals surface area contributed by atoms with Crippen LogP contribution in [0.1, 0.15) is 30.4 Å². The quantitative estimate of drug-likeness (QED) is 0.725. The molecular formula is C24H32N4O. The van der Waals surface area contributed by atoms with Gasteiger partial charge in [0.15, 0.2) is 0 Å². The minimum Gasteiger partial charge on any atom is -0.330 e. The second kappa shape index (κ2) is 9.08. The fourth-order valence-electron chi connectivity index (χ4n) is 4.07. The maximum absolute atomic E-state index is 12.2. The molecular weight excluding hydrogens is 360 g/mol. The van der Waals surface area contributed by atoms with Crippen LogP contribution in [-0.2, 0) is 17.9 Å². The molecule has 4 rings (SSSR count). The fraction of sp³-hybridized carbons (Fsp3) is 0.458. The highest BCUT2D eigenvalue weighted by Gasteiger charge is 2.42. The number of anilines is 1. The van der Waals surface area contributed by atoms with Gasteiger partial charge >= 0.3 is 0 Å². The average molecular weight is 393 g/mol. The van der Waals surface area contributed by atoms with Gasteiger partial charge in [-0.15, -0.1) is 0 Å². The first-order valence-corrected chi connectivity index (χ1v) is 10.7. The summed E-state index contributed by atoms with van der Waals surface area (Å²) in [5.74, 6) is 0.0789. The van der Waals surface area contributed by atoms with Crippen LogP contribution in [0.2, 0.25) is 0 Å². The zero-order valence-corrected chi connectivity index (χ0v) is 17.1. The Morgan fingerprint density at radius 2 is 1.41 bits per heavy atom. The summed E-state index contributed by atoms with van der Waals surface area (Å²) in [6.45, 7) is 6.99. The van der Waals surface area contributed by atoms with Gasteiger partial charge in [0, 0.05) is 51.4 Å². The van der Waals surface area contributed by atoms with E-state index in [1.165, 1.54) is 11.1 Å². The van der Waals surface area contributed by atoms with Gasteiger partial charge in [0.05, 0.1) is 0 Å². The normalized spacial score (nSPS) is 19.1. The molecule has 0 spiro atoms. The summed E-state index contributed by atoms with van der Waals surface area (Å²) < 4.78 is 0. The van der Waals surface area contributed by atoms with Crippen molar-refractivity contribution in [3.05, 3.63) is 65.7 Å². The molecule has 154 valence electrons. The molecule has 2 fully saturated rings. The number of hydrogen-bond acceptors (Lipinski definition) is 4. The number of nitrogens with two attached hydrogens (primary N) is 1. The molecule has 0 bridgehead atoms. The van der Waals surface area contributed by atoms with Gasteiger partial charge in [-0.25, -0.2) is 0 Å². The number of piperazine rings is 1. The standard InChI is InChI=1S/C24H32N4O/c25-19-24(10-11-24)16-23(29)26-22-8-6-21(7-9-22)18-28-14-12-27(13-15-28)17-20-4-2-1-3-5-20/h1-9H,10-19,25H2,(H,26,29). The number of carbonyl (C=O) groups is 1. The third-order valence-corrected chi connectivity index (χ3v) is 6.28. The number of nitrogens with zero attached hydrogens (tertiary/aromatic N) is 2. The van der Waals surface area contributed by atoms with E-state index in [1.54, 1.807) is 0 Å². The molecule has 1 aliphatic carbocycles. The molecule has 0 radical (unpaired) electrons. The van der Waals surface area contributed by atoms with E-state index in [0.29, 0.717) is 13.0 Å². The van der Waals surface area contributed by atoms with Crippen molar-refractivity contribution in [3.63, 3.8) is 0 Å². The van der Waals surface area contributed by atoms with Crippen LogP contribution >= 0.6 is 0 Å². The van der Waals surface area contributed by atoms with Crippen LogP contribution in [0.3, 0.4) is 0 Å². The first-order valence-electron chi connectivity index (χ1n) is 10.7. The van der Waals surface area contributed by atoms with Crippen LogP contribution in [0.25, 0.3) is 0 Å². The molecule has 3 N–H and O–H groups in total. The minimum atomic E-state index is 0.0761. The topological polar surface area (TPSA) is 61.6 Å². The predicted octanol–water partition coefficient (Wildman–Crippen LogP) is 3.07. The van der Waals surface area contributed by atoms with Gasteiger partial charge in [-0.1, -0.05) is 42.5 Å². The van der Waals surface area contributed by atoms with E-state index in [2.05, 4.69) is 57.6 Å². The molecule has 0 atom stereocenters. The van der Waals surface area contributed by atoms with E-state index in [0.717, 1.165) is 57.8 Å². The first-order chi connectivity index (χ1) is 14.1. The summed E-state index contributed by atoms with van der Waals surface area (Å²) in [5.41, 5.74) is 9.41. The Hall–Kier alpha value is -2.21. The molecule has 2 aliphatic rings. The maximum atomic E-state index is 12.2. The highest BCUT2D eigenvalue weighted by Crippen LogP contribution is 2.47. The number of carbonyl (C=O) groups excluding carboxylic acids is 1. The lowest BCUT2D eigenvalue weighted by Crippen LogP contribution is -2.45. The third kappa shape index (κ3) is 5.66. The molecule has 0 unspecified atom stereocenters. The highest BCUT2D eigenvalue weighted by atomic mass is 16.1. The molecule has 2 aromatic carbocycles. The zero-order chi connectivity index (χ0) is 20.1. The zero-order valence-electron chi connectivity index (χ0n) is 17.1. The average Bonchev–Trinajstić information content (AvgIpc) is 3.51. The lowest BCUT2D eigenvalue weighted by Gasteiger charge is -2.34. The summed E-state index contributed by atoms with van der Waals surface area (Å²) in [6.07, 6.45) is 2.70. The molecule has 29 heavy (non-hydrogen) atoms. The first kappa shape index (κ1) is 20.1. The van der Waals surface area contributed by atoms with Crippen molar-refractivity contribution in [2.45, 2.75) is 32.4 Å². The lowest BCUT2D eigenvalue weighted by atomic mass is 10.0. The Labute approximate surface area is 173 Å². The summed E-state index contributed by atoms with van der Waals surface area (Å²) in [6, 6.07) is 19.0. The van der Waals surface area contributed by atoms with Gasteiger partial charge in [0.2, 0.25) is 5.91 Å². The van der Waals surface area contributed by atoms with E-state index >= 15 is 0 Å². The van der Waals surface area contributed by atoms with Crippen molar-refractivity contribution in [1.29, 1.82) is 0 Å². The van der Waals surface area contributed by atoms with Crippen molar-refractivity contribution >= 4 is 11.6 Å². The predicted molar refractivity (Wildman–Crippen MR) is 117 cm³/mol. The van der Waals surface area contributed by atoms with Crippen molar-refractivity contribution in [1.82, 2.24) is 9.80 Å². The Morgan fingerprint density at radius 3 is 1.93 bits per heavy atom. The van der Waals surface area contributed by atoms with Gasteiger partial charge in [-0.3, -0.25) is 14.6 Å². The molecule has 5 heteroatoms. The van der Waals surface area contributed by atoms with Crippen LogP contribution in [0.4, 0.5) is 5.69 Å². The van der Waals surface area contributed by atoms with E-state index in [-0.39, 0.29) is 11.3 Å². The van der Waals surface area contributed by atoms with Gasteiger partial charge in [0.25, 0.3) is 0 Å². The Morgan fingerprint density at radius 1 is 0.862 bits per heavy atom. The second-order valence-electron chi connectivity index (χ2n) is 8.66. The van der Waals surface area contributed by atoms with Crippen LogP contribution in [0.5, 0.6) is 0 Å². The van der Waals surface area contributed by atoms with Crippen LogP contribution < -0.4 is 11.1 Å². The van der Waals surface area contributed by atoms with Gasteiger partial charge in [-0.2, -0.15) is 0 Å². The smallest absolute Gasteiger partial charge is 0.224 e. The molecule has 1 heterocycles. The lowest BCUT2D eigenvalue weighted by molar-refractivity contribution is -0.117. The molecule has 2 aromatic rings. The highest BCUT2D eigenvalue weighted by molar-refractivity contribution is 5.91. The van der Waals surface area contributed by atoms with E-state index in [9.17, 15) is 4.79 Å². The van der Waals surface area contributed by atoms with Crippen molar-refractivity contribution in [2.24, 2.45) is 11.1 Å². The molecule has 1 aliphatic heterocycles. The Balaban J connectivity index is 1.21. The van der Waals surface area contributed by atoms with Crippen molar-refractivity contribution < 1.29 is 4.79 Å². The third-order valence-electron chi connectivity index (χ3n) is 6.28. The summed E-state index contributed by atoms with van der Waals surface area (Å²) >= 11 is 0. The van der Waals surface area contributed by atoms with Crippen molar-refractivity contribution in [3.8, 4) is 0 Å². The molecule has 1 amide bonds. The Bertz CT molecular complexity index is 793. The van der Waals surface area contributed by atoms with Crippen molar-refractivity contribution in [2.75, 3.05) is 38.0 Å². The van der Waals surface area contributed by atoms with Gasteiger partial charge < -0.3 is 11.1 Å². The number of benzene rings is 2. The van der Waals surface area contributed by atoms with E-state index in [4.69, 9.17) is 5.73 Å². The number of amides is 1. The van der Waals surface area contributed by atoms with Gasteiger partial charge in [0.1, 0.15) is 0 Å². The largest absolute Gasteiger partial charge is 0.330 e. The Kier molecular flexibility index (Phi) is 6.28. The van der Waals surface area contributed by atoms with E-state index < -0.39 is 0 Å². The second-order valence-corrected chi connectivity index (χ2v) is 8.66. The number of hydrogen-bond donors (Lipinski definition) is 2. The van der Waals surface area contributed by atoms with Crippen LogP contribution in [0, 0.1) is 5.41 Å². The molecule has 1 saturated carbocycles. The summed E-state index contributed by atoms with van der Waals surface area (Å²) in [5, 5.41) is 3.02. The SMILES string of the molecule is NCC1(CC(=O)Nc2ccc(CN3CCN(Cc4ccccc4)CC3)cc2)CC1. The monoisotopic (exact) mass is 392 g/mol. The molecule has 1 saturated heterocycles. The van der Waals surface area contributed by atoms with Gasteiger partial charge in [-0.05, 0) is 48.1 Å². The summed E-state index contributed by atoms with van der Waals surface area (Å²) in [7, 11) is 0. The van der Waals surface area contributed by atoms with Crippen LogP contribution in [-0.4, -0.2) is 48.4 Å². The number of nitrogens with one attached hydrogen (secondary N) is 1. The molecule has 0 aromatic heterocycles. The van der Waals surface area contributed by atoms with E-state index in [1.807, 2.05) is 12.1 Å². The maximum Gasteiger partial charge on any atom is 0.224 e. The minimum absolute atomic E-state index is 0.0761. The van der Waals surface area contributed by atoms with Crippen LogP contribution in [0.15, 0.2) is 54.6 Å². The molecule has 5 nitrogen and oxygen atoms in total. The number of rotatable bonds is 8. The fourth-order valence-corrected chi connectivity index (χ4v) is 4.07.